The van der Waals surface area contributed by atoms with Crippen molar-refractivity contribution in [3.8, 4) is 5.75 Å². The van der Waals surface area contributed by atoms with E-state index in [2.05, 4.69) is 17.5 Å². The van der Waals surface area contributed by atoms with Gasteiger partial charge in [-0.3, -0.25) is 4.79 Å². The molecule has 0 fully saturated rings. The Bertz CT molecular complexity index is 705. The summed E-state index contributed by atoms with van der Waals surface area (Å²) in [4.78, 5) is 11.9. The van der Waals surface area contributed by atoms with E-state index >= 15 is 0 Å². The Kier molecular flexibility index (Phi) is 3.96. The average molecular weight is 298 g/mol. The van der Waals surface area contributed by atoms with Crippen LogP contribution in [-0.2, 0) is 6.42 Å². The van der Waals surface area contributed by atoms with Gasteiger partial charge in [0.25, 0.3) is 0 Å². The molecule has 22 heavy (non-hydrogen) atoms. The number of carbonyl (C=O) groups excluding carboxylic acids is 1. The van der Waals surface area contributed by atoms with E-state index < -0.39 is 0 Å². The molecule has 1 aromatic heterocycles. The van der Waals surface area contributed by atoms with Crippen molar-refractivity contribution in [2.75, 3.05) is 7.11 Å². The Morgan fingerprint density at radius 2 is 2.23 bits per heavy atom. The van der Waals surface area contributed by atoms with Gasteiger partial charge in [0.2, 0.25) is 0 Å². The van der Waals surface area contributed by atoms with Crippen LogP contribution < -0.4 is 10.2 Å². The maximum absolute atomic E-state index is 11.9. The summed E-state index contributed by atoms with van der Waals surface area (Å²) < 4.78 is 10.3. The van der Waals surface area contributed by atoms with Crippen LogP contribution in [0.3, 0.4) is 0 Å². The smallest absolute Gasteiger partial charge is 0.307 e. The van der Waals surface area contributed by atoms with Gasteiger partial charge in [0.1, 0.15) is 5.75 Å². The van der Waals surface area contributed by atoms with Crippen molar-refractivity contribution in [2.45, 2.75) is 19.8 Å². The highest BCUT2D eigenvalue weighted by Gasteiger charge is 2.22. The van der Waals surface area contributed by atoms with Crippen LogP contribution in [0.1, 0.15) is 35.0 Å². The predicted octanol–water partition coefficient (Wildman–Crippen LogP) is 3.00. The molecule has 1 atom stereocenters. The van der Waals surface area contributed by atoms with Crippen LogP contribution in [0.15, 0.2) is 46.1 Å². The third-order valence-corrected chi connectivity index (χ3v) is 3.77. The van der Waals surface area contributed by atoms with Crippen LogP contribution in [0.4, 0.5) is 0 Å². The standard InChI is InChI=1S/C17H18N2O3/c1-11-8-12-10-13(21-2)5-6-14(12)15(9-11)18-19-17(20)16-4-3-7-22-16/h3-7,10-11H,8-9H2,1-2H3,(H,19,20)/b18-15-/t11-/m1/s1. The Morgan fingerprint density at radius 1 is 1.36 bits per heavy atom. The van der Waals surface area contributed by atoms with Gasteiger partial charge in [0.05, 0.1) is 19.1 Å². The Labute approximate surface area is 129 Å². The van der Waals surface area contributed by atoms with Gasteiger partial charge < -0.3 is 9.15 Å². The number of nitrogens with zero attached hydrogens (tertiary/aromatic N) is 1. The van der Waals surface area contributed by atoms with Gasteiger partial charge in [-0.1, -0.05) is 6.92 Å². The molecular weight excluding hydrogens is 280 g/mol. The van der Waals surface area contributed by atoms with E-state index in [0.717, 1.165) is 29.9 Å². The second-order valence-corrected chi connectivity index (χ2v) is 5.51. The van der Waals surface area contributed by atoms with Gasteiger partial charge in [-0.05, 0) is 54.7 Å². The molecule has 1 aliphatic rings. The number of nitrogens with one attached hydrogen (secondary N) is 1. The zero-order chi connectivity index (χ0) is 15.5. The number of methoxy groups -OCH3 is 1. The van der Waals surface area contributed by atoms with Crippen LogP contribution in [0, 0.1) is 5.92 Å². The molecule has 1 aliphatic carbocycles. The van der Waals surface area contributed by atoms with Crippen molar-refractivity contribution in [3.05, 3.63) is 53.5 Å². The lowest BCUT2D eigenvalue weighted by molar-refractivity contribution is 0.0927. The number of furan rings is 1. The number of ether oxygens (including phenoxy) is 1. The van der Waals surface area contributed by atoms with Crippen molar-refractivity contribution < 1.29 is 13.9 Å². The van der Waals surface area contributed by atoms with Crippen LogP contribution in [0.5, 0.6) is 5.75 Å². The molecule has 0 aliphatic heterocycles. The molecule has 114 valence electrons. The molecule has 1 aromatic carbocycles. The highest BCUT2D eigenvalue weighted by atomic mass is 16.5. The van der Waals surface area contributed by atoms with E-state index in [9.17, 15) is 4.79 Å². The molecule has 0 unspecified atom stereocenters. The Balaban J connectivity index is 1.85. The molecule has 0 spiro atoms. The maximum atomic E-state index is 11.9. The van der Waals surface area contributed by atoms with Crippen LogP contribution >= 0.6 is 0 Å². The van der Waals surface area contributed by atoms with Crippen molar-refractivity contribution in [3.63, 3.8) is 0 Å². The lowest BCUT2D eigenvalue weighted by atomic mass is 9.83. The topological polar surface area (TPSA) is 63.8 Å². The van der Waals surface area contributed by atoms with Crippen molar-refractivity contribution in [2.24, 2.45) is 11.0 Å². The second-order valence-electron chi connectivity index (χ2n) is 5.51. The number of hydrogen-bond donors (Lipinski definition) is 1. The average Bonchev–Trinajstić information content (AvgIpc) is 3.05. The van der Waals surface area contributed by atoms with Crippen molar-refractivity contribution in [1.29, 1.82) is 0 Å². The van der Waals surface area contributed by atoms with Crippen LogP contribution in [-0.4, -0.2) is 18.7 Å². The number of hydrazone groups is 1. The molecule has 0 saturated heterocycles. The number of carbonyl (C=O) groups is 1. The van der Waals surface area contributed by atoms with E-state index in [0.29, 0.717) is 5.92 Å². The van der Waals surface area contributed by atoms with Crippen LogP contribution in [0.2, 0.25) is 0 Å². The molecule has 0 bridgehead atoms. The lowest BCUT2D eigenvalue weighted by Gasteiger charge is -2.23. The van der Waals surface area contributed by atoms with Crippen molar-refractivity contribution in [1.82, 2.24) is 5.43 Å². The number of rotatable bonds is 3. The Morgan fingerprint density at radius 3 is 2.95 bits per heavy atom. The summed E-state index contributed by atoms with van der Waals surface area (Å²) in [6.07, 6.45) is 3.28. The van der Waals surface area contributed by atoms with Gasteiger partial charge in [-0.15, -0.1) is 0 Å². The molecule has 5 nitrogen and oxygen atoms in total. The summed E-state index contributed by atoms with van der Waals surface area (Å²) in [5.41, 5.74) is 5.72. The van der Waals surface area contributed by atoms with E-state index in [-0.39, 0.29) is 11.7 Å². The summed E-state index contributed by atoms with van der Waals surface area (Å²) in [6, 6.07) is 9.23. The minimum absolute atomic E-state index is 0.253. The van der Waals surface area contributed by atoms with Gasteiger partial charge in [0.15, 0.2) is 5.76 Å². The summed E-state index contributed by atoms with van der Waals surface area (Å²) in [7, 11) is 1.66. The summed E-state index contributed by atoms with van der Waals surface area (Å²) >= 11 is 0. The van der Waals surface area contributed by atoms with Gasteiger partial charge in [-0.2, -0.15) is 5.10 Å². The van der Waals surface area contributed by atoms with E-state index in [1.54, 1.807) is 19.2 Å². The highest BCUT2D eigenvalue weighted by Crippen LogP contribution is 2.28. The molecule has 0 saturated carbocycles. The van der Waals surface area contributed by atoms with Gasteiger partial charge in [0, 0.05) is 5.56 Å². The number of amides is 1. The van der Waals surface area contributed by atoms with Crippen LogP contribution in [0.25, 0.3) is 0 Å². The molecule has 0 radical (unpaired) electrons. The first-order valence-corrected chi connectivity index (χ1v) is 7.25. The molecule has 5 heteroatoms. The molecular formula is C17H18N2O3. The largest absolute Gasteiger partial charge is 0.497 e. The van der Waals surface area contributed by atoms with Crippen molar-refractivity contribution >= 4 is 11.6 Å². The second kappa shape index (κ2) is 6.05. The SMILES string of the molecule is COc1ccc2c(c1)C[C@@H](C)C/C2=N/NC(=O)c1ccco1. The van der Waals surface area contributed by atoms with Gasteiger partial charge in [-0.25, -0.2) is 5.43 Å². The normalized spacial score (nSPS) is 18.8. The first-order valence-electron chi connectivity index (χ1n) is 7.25. The molecule has 1 amide bonds. The minimum atomic E-state index is -0.342. The summed E-state index contributed by atoms with van der Waals surface area (Å²) in [5, 5.41) is 4.30. The maximum Gasteiger partial charge on any atom is 0.307 e. The first kappa shape index (κ1) is 14.4. The fourth-order valence-corrected chi connectivity index (χ4v) is 2.72. The monoisotopic (exact) mass is 298 g/mol. The molecule has 2 aromatic rings. The number of hydrogen-bond acceptors (Lipinski definition) is 4. The number of benzene rings is 1. The fraction of sp³-hybridized carbons (Fsp3) is 0.294. The predicted molar refractivity (Wildman–Crippen MR) is 83.2 cm³/mol. The zero-order valence-corrected chi connectivity index (χ0v) is 12.6. The zero-order valence-electron chi connectivity index (χ0n) is 12.6. The summed E-state index contributed by atoms with van der Waals surface area (Å²) in [6.45, 7) is 2.17. The third-order valence-electron chi connectivity index (χ3n) is 3.77. The quantitative estimate of drug-likeness (QED) is 0.886. The van der Waals surface area contributed by atoms with E-state index in [1.165, 1.54) is 11.8 Å². The highest BCUT2D eigenvalue weighted by molar-refractivity contribution is 6.04. The van der Waals surface area contributed by atoms with E-state index in [1.807, 2.05) is 18.2 Å². The molecule has 1 N–H and O–H groups in total. The Hall–Kier alpha value is -2.56. The van der Waals surface area contributed by atoms with Gasteiger partial charge >= 0.3 is 5.91 Å². The van der Waals surface area contributed by atoms with E-state index in [4.69, 9.17) is 9.15 Å². The third kappa shape index (κ3) is 2.88. The fourth-order valence-electron chi connectivity index (χ4n) is 2.72. The lowest BCUT2D eigenvalue weighted by Crippen LogP contribution is -2.24. The first-order chi connectivity index (χ1) is 10.7. The molecule has 3 rings (SSSR count). The number of fused-ring (bicyclic) bond motifs is 1. The summed E-state index contributed by atoms with van der Waals surface area (Å²) in [5.74, 6) is 1.22. The minimum Gasteiger partial charge on any atom is -0.497 e. The molecule has 1 heterocycles.